The highest BCUT2D eigenvalue weighted by Crippen LogP contribution is 2.27. The van der Waals surface area contributed by atoms with Crippen LogP contribution in [0.3, 0.4) is 0 Å². The zero-order chi connectivity index (χ0) is 22.2. The Bertz CT molecular complexity index is 1000. The fourth-order valence-corrected chi connectivity index (χ4v) is 3.39. The molecule has 31 heavy (non-hydrogen) atoms. The van der Waals surface area contributed by atoms with Crippen LogP contribution in [0.25, 0.3) is 0 Å². The van der Waals surface area contributed by atoms with Gasteiger partial charge in [-0.25, -0.2) is 4.39 Å². The molecule has 1 amide bonds. The maximum atomic E-state index is 13.3. The van der Waals surface area contributed by atoms with E-state index >= 15 is 0 Å². The van der Waals surface area contributed by atoms with E-state index in [1.807, 2.05) is 42.5 Å². The molecule has 0 aliphatic heterocycles. The van der Waals surface area contributed by atoms with Crippen molar-refractivity contribution in [3.05, 3.63) is 95.3 Å². The van der Waals surface area contributed by atoms with Gasteiger partial charge >= 0.3 is 0 Å². The van der Waals surface area contributed by atoms with E-state index in [-0.39, 0.29) is 17.8 Å². The minimum Gasteiger partial charge on any atom is -0.493 e. The second-order valence-corrected chi connectivity index (χ2v) is 7.85. The molecule has 0 aliphatic carbocycles. The Morgan fingerprint density at radius 1 is 0.968 bits per heavy atom. The number of halogens is 1. The molecule has 1 N–H and O–H groups in total. The summed E-state index contributed by atoms with van der Waals surface area (Å²) in [7, 11) is 1.60. The summed E-state index contributed by atoms with van der Waals surface area (Å²) in [6, 6.07) is 20.9. The fraction of sp³-hybridized carbons (Fsp3) is 0.269. The predicted octanol–water partition coefficient (Wildman–Crippen LogP) is 5.93. The summed E-state index contributed by atoms with van der Waals surface area (Å²) in [5, 5.41) is 3.10. The lowest BCUT2D eigenvalue weighted by Crippen LogP contribution is -2.29. The normalized spacial score (nSPS) is 11.8. The Morgan fingerprint density at radius 3 is 2.35 bits per heavy atom. The van der Waals surface area contributed by atoms with Crippen molar-refractivity contribution in [2.75, 3.05) is 7.11 Å². The van der Waals surface area contributed by atoms with Crippen molar-refractivity contribution in [1.29, 1.82) is 0 Å². The van der Waals surface area contributed by atoms with E-state index in [1.165, 1.54) is 12.1 Å². The van der Waals surface area contributed by atoms with Crippen LogP contribution >= 0.6 is 0 Å². The first-order chi connectivity index (χ1) is 15.0. The van der Waals surface area contributed by atoms with Crippen LogP contribution in [-0.4, -0.2) is 13.0 Å². The van der Waals surface area contributed by atoms with Crippen molar-refractivity contribution in [3.8, 4) is 11.5 Å². The van der Waals surface area contributed by atoms with Gasteiger partial charge in [0.05, 0.1) is 13.2 Å². The van der Waals surface area contributed by atoms with Gasteiger partial charge in [0, 0.05) is 5.56 Å². The number of carbonyl (C=O) groups excluding carboxylic acids is 1. The maximum Gasteiger partial charge on any atom is 0.251 e. The van der Waals surface area contributed by atoms with E-state index in [0.717, 1.165) is 17.5 Å². The highest BCUT2D eigenvalue weighted by molar-refractivity contribution is 5.94. The lowest BCUT2D eigenvalue weighted by atomic mass is 9.96. The number of methoxy groups -OCH3 is 1. The summed E-state index contributed by atoms with van der Waals surface area (Å²) >= 11 is 0. The second kappa shape index (κ2) is 10.6. The Morgan fingerprint density at radius 2 is 1.68 bits per heavy atom. The van der Waals surface area contributed by atoms with Gasteiger partial charge in [-0.05, 0) is 59.9 Å². The third kappa shape index (κ3) is 6.32. The summed E-state index contributed by atoms with van der Waals surface area (Å²) in [6.07, 6.45) is 0.758. The quantitative estimate of drug-likeness (QED) is 0.466. The lowest BCUT2D eigenvalue weighted by Gasteiger charge is -2.21. The molecule has 162 valence electrons. The number of amides is 1. The molecule has 0 saturated carbocycles. The Hall–Kier alpha value is -3.34. The molecule has 3 aromatic carbocycles. The topological polar surface area (TPSA) is 47.6 Å². The summed E-state index contributed by atoms with van der Waals surface area (Å²) in [5.74, 6) is 1.21. The molecular weight excluding hydrogens is 393 g/mol. The smallest absolute Gasteiger partial charge is 0.251 e. The van der Waals surface area contributed by atoms with E-state index in [2.05, 4.69) is 19.2 Å². The summed E-state index contributed by atoms with van der Waals surface area (Å²) in [6.45, 7) is 4.51. The summed E-state index contributed by atoms with van der Waals surface area (Å²) in [4.78, 5) is 13.0. The summed E-state index contributed by atoms with van der Waals surface area (Å²) < 4.78 is 24.5. The first kappa shape index (κ1) is 22.3. The Labute approximate surface area is 183 Å². The van der Waals surface area contributed by atoms with Gasteiger partial charge in [-0.2, -0.15) is 0 Å². The van der Waals surface area contributed by atoms with Crippen LogP contribution in [0, 0.1) is 11.7 Å². The van der Waals surface area contributed by atoms with Gasteiger partial charge in [0.1, 0.15) is 12.4 Å². The van der Waals surface area contributed by atoms with Crippen molar-refractivity contribution in [1.82, 2.24) is 5.32 Å². The molecule has 0 heterocycles. The molecular formula is C26H28FNO3. The minimum atomic E-state index is -0.291. The highest BCUT2D eigenvalue weighted by atomic mass is 19.1. The van der Waals surface area contributed by atoms with Gasteiger partial charge in [0.15, 0.2) is 11.5 Å². The number of hydrogen-bond acceptors (Lipinski definition) is 3. The van der Waals surface area contributed by atoms with E-state index < -0.39 is 0 Å². The highest BCUT2D eigenvalue weighted by Gasteiger charge is 2.18. The molecule has 0 spiro atoms. The maximum absolute atomic E-state index is 13.3. The summed E-state index contributed by atoms with van der Waals surface area (Å²) in [5.41, 5.74) is 2.32. The zero-order valence-electron chi connectivity index (χ0n) is 18.1. The average Bonchev–Trinajstić information content (AvgIpc) is 2.77. The van der Waals surface area contributed by atoms with Gasteiger partial charge in [-0.3, -0.25) is 4.79 Å². The minimum absolute atomic E-state index is 0.172. The molecule has 3 rings (SSSR count). The third-order valence-corrected chi connectivity index (χ3v) is 4.94. The van der Waals surface area contributed by atoms with E-state index in [0.29, 0.717) is 29.6 Å². The molecule has 0 fully saturated rings. The first-order valence-corrected chi connectivity index (χ1v) is 10.4. The molecule has 0 bridgehead atoms. The first-order valence-electron chi connectivity index (χ1n) is 10.4. The number of hydrogen-bond donors (Lipinski definition) is 1. The monoisotopic (exact) mass is 421 g/mol. The van der Waals surface area contributed by atoms with Crippen molar-refractivity contribution in [2.24, 2.45) is 5.92 Å². The molecule has 0 aliphatic rings. The number of carbonyl (C=O) groups is 1. The van der Waals surface area contributed by atoms with Crippen LogP contribution in [0.5, 0.6) is 11.5 Å². The van der Waals surface area contributed by atoms with Crippen molar-refractivity contribution >= 4 is 5.91 Å². The van der Waals surface area contributed by atoms with Crippen LogP contribution in [0.2, 0.25) is 0 Å². The second-order valence-electron chi connectivity index (χ2n) is 7.85. The van der Waals surface area contributed by atoms with Crippen LogP contribution in [0.1, 0.15) is 47.8 Å². The number of ether oxygens (including phenoxy) is 2. The molecule has 0 aromatic heterocycles. The molecule has 4 nitrogen and oxygen atoms in total. The van der Waals surface area contributed by atoms with E-state index in [1.54, 1.807) is 25.3 Å². The van der Waals surface area contributed by atoms with Crippen molar-refractivity contribution < 1.29 is 18.7 Å². The number of benzene rings is 3. The molecule has 0 radical (unpaired) electrons. The number of para-hydroxylation sites is 2. The van der Waals surface area contributed by atoms with Crippen LogP contribution in [0.15, 0.2) is 72.8 Å². The standard InChI is InChI=1S/C26H28FNO3/c1-18(2)15-23(20-11-13-22(27)14-12-20)28-26(29)21-8-6-7-19(16-21)17-31-25-10-5-4-9-24(25)30-3/h4-14,16,18,23H,15,17H2,1-3H3,(H,28,29). The molecule has 0 saturated heterocycles. The van der Waals surface area contributed by atoms with E-state index in [4.69, 9.17) is 9.47 Å². The van der Waals surface area contributed by atoms with Crippen LogP contribution in [0.4, 0.5) is 4.39 Å². The van der Waals surface area contributed by atoms with Gasteiger partial charge in [-0.1, -0.05) is 50.2 Å². The van der Waals surface area contributed by atoms with Crippen LogP contribution < -0.4 is 14.8 Å². The van der Waals surface area contributed by atoms with Crippen LogP contribution in [-0.2, 0) is 6.61 Å². The third-order valence-electron chi connectivity index (χ3n) is 4.94. The van der Waals surface area contributed by atoms with Crippen molar-refractivity contribution in [2.45, 2.75) is 32.9 Å². The Balaban J connectivity index is 1.71. The number of nitrogens with one attached hydrogen (secondary N) is 1. The lowest BCUT2D eigenvalue weighted by molar-refractivity contribution is 0.0931. The van der Waals surface area contributed by atoms with Gasteiger partial charge in [0.2, 0.25) is 0 Å². The van der Waals surface area contributed by atoms with Gasteiger partial charge < -0.3 is 14.8 Å². The molecule has 5 heteroatoms. The zero-order valence-corrected chi connectivity index (χ0v) is 18.1. The molecule has 1 unspecified atom stereocenters. The largest absolute Gasteiger partial charge is 0.493 e. The average molecular weight is 422 g/mol. The SMILES string of the molecule is COc1ccccc1OCc1cccc(C(=O)NC(CC(C)C)c2ccc(F)cc2)c1. The van der Waals surface area contributed by atoms with E-state index in [9.17, 15) is 9.18 Å². The molecule has 3 aromatic rings. The fourth-order valence-electron chi connectivity index (χ4n) is 3.39. The predicted molar refractivity (Wildman–Crippen MR) is 120 cm³/mol. The Kier molecular flexibility index (Phi) is 7.65. The molecule has 1 atom stereocenters. The van der Waals surface area contributed by atoms with Gasteiger partial charge in [-0.15, -0.1) is 0 Å². The number of rotatable bonds is 9. The van der Waals surface area contributed by atoms with Crippen molar-refractivity contribution in [3.63, 3.8) is 0 Å². The van der Waals surface area contributed by atoms with Gasteiger partial charge in [0.25, 0.3) is 5.91 Å².